The lowest BCUT2D eigenvalue weighted by Gasteiger charge is -2.14. The van der Waals surface area contributed by atoms with Crippen molar-refractivity contribution in [3.63, 3.8) is 0 Å². The van der Waals surface area contributed by atoms with Crippen molar-refractivity contribution in [3.05, 3.63) is 58.9 Å². The number of methoxy groups -OCH3 is 1. The molecular weight excluding hydrogens is 337 g/mol. The lowest BCUT2D eigenvalue weighted by atomic mass is 10.2. The van der Waals surface area contributed by atoms with Crippen LogP contribution in [0.2, 0.25) is 5.02 Å². The van der Waals surface area contributed by atoms with Gasteiger partial charge in [-0.25, -0.2) is 9.18 Å². The van der Waals surface area contributed by atoms with E-state index in [0.29, 0.717) is 5.75 Å². The molecule has 0 bridgehead atoms. The molecule has 0 fully saturated rings. The summed E-state index contributed by atoms with van der Waals surface area (Å²) in [4.78, 5) is 24.1. The van der Waals surface area contributed by atoms with Crippen LogP contribution in [0.4, 0.5) is 10.1 Å². The van der Waals surface area contributed by atoms with Crippen LogP contribution in [0.15, 0.2) is 42.5 Å². The van der Waals surface area contributed by atoms with Gasteiger partial charge in [-0.15, -0.1) is 0 Å². The van der Waals surface area contributed by atoms with Crippen molar-refractivity contribution in [1.29, 1.82) is 0 Å². The summed E-state index contributed by atoms with van der Waals surface area (Å²) in [6.07, 6.45) is -1.05. The number of hydrogen-bond donors (Lipinski definition) is 1. The van der Waals surface area contributed by atoms with Crippen LogP contribution in [0.25, 0.3) is 0 Å². The number of hydrogen-bond acceptors (Lipinski definition) is 4. The number of carbonyl (C=O) groups is 2. The molecule has 0 aliphatic heterocycles. The maximum absolute atomic E-state index is 13.0. The van der Waals surface area contributed by atoms with Crippen molar-refractivity contribution in [2.75, 3.05) is 12.4 Å². The molecule has 1 amide bonds. The van der Waals surface area contributed by atoms with Crippen LogP contribution in [-0.2, 0) is 9.53 Å². The molecule has 0 saturated carbocycles. The number of carbonyl (C=O) groups excluding carboxylic acids is 2. The molecule has 0 aliphatic rings. The summed E-state index contributed by atoms with van der Waals surface area (Å²) in [5.74, 6) is -1.14. The molecule has 0 unspecified atom stereocenters. The largest absolute Gasteiger partial charge is 0.497 e. The summed E-state index contributed by atoms with van der Waals surface area (Å²) in [7, 11) is 1.51. The summed E-state index contributed by atoms with van der Waals surface area (Å²) in [5, 5.41) is 2.53. The van der Waals surface area contributed by atoms with Gasteiger partial charge in [-0.05, 0) is 49.4 Å². The Bertz CT molecular complexity index is 749. The van der Waals surface area contributed by atoms with Gasteiger partial charge in [-0.1, -0.05) is 11.6 Å². The van der Waals surface area contributed by atoms with Gasteiger partial charge < -0.3 is 14.8 Å². The summed E-state index contributed by atoms with van der Waals surface area (Å²) >= 11 is 5.83. The Morgan fingerprint density at radius 2 is 1.83 bits per heavy atom. The van der Waals surface area contributed by atoms with Crippen LogP contribution in [0.1, 0.15) is 17.3 Å². The Balaban J connectivity index is 1.98. The molecule has 126 valence electrons. The number of amides is 1. The molecule has 5 nitrogen and oxygen atoms in total. The van der Waals surface area contributed by atoms with E-state index in [9.17, 15) is 14.0 Å². The Kier molecular flexibility index (Phi) is 5.76. The van der Waals surface area contributed by atoms with Gasteiger partial charge in [0.1, 0.15) is 11.6 Å². The van der Waals surface area contributed by atoms with Crippen molar-refractivity contribution in [2.24, 2.45) is 0 Å². The highest BCUT2D eigenvalue weighted by molar-refractivity contribution is 6.33. The van der Waals surface area contributed by atoms with E-state index >= 15 is 0 Å². The van der Waals surface area contributed by atoms with Crippen LogP contribution in [0, 0.1) is 5.82 Å². The van der Waals surface area contributed by atoms with Gasteiger partial charge in [-0.2, -0.15) is 0 Å². The highest BCUT2D eigenvalue weighted by Gasteiger charge is 2.20. The molecule has 0 heterocycles. The third kappa shape index (κ3) is 4.45. The first-order chi connectivity index (χ1) is 11.4. The molecule has 7 heteroatoms. The van der Waals surface area contributed by atoms with E-state index in [1.54, 1.807) is 12.1 Å². The SMILES string of the molecule is COc1ccc(C(=O)O[C@H](C)C(=O)Nc2ccc(F)cc2Cl)cc1. The van der Waals surface area contributed by atoms with Gasteiger partial charge in [0.25, 0.3) is 5.91 Å². The molecule has 2 rings (SSSR count). The van der Waals surface area contributed by atoms with Crippen molar-refractivity contribution < 1.29 is 23.5 Å². The zero-order valence-electron chi connectivity index (χ0n) is 13.0. The number of esters is 1. The third-order valence-electron chi connectivity index (χ3n) is 3.17. The molecule has 24 heavy (non-hydrogen) atoms. The van der Waals surface area contributed by atoms with E-state index in [1.165, 1.54) is 32.2 Å². The number of nitrogens with one attached hydrogen (secondary N) is 1. The van der Waals surface area contributed by atoms with Crippen LogP contribution in [0.3, 0.4) is 0 Å². The molecule has 0 saturated heterocycles. The molecule has 2 aromatic rings. The normalized spacial score (nSPS) is 11.5. The molecule has 2 aromatic carbocycles. The maximum atomic E-state index is 13.0. The van der Waals surface area contributed by atoms with E-state index < -0.39 is 23.8 Å². The van der Waals surface area contributed by atoms with Gasteiger partial charge in [-0.3, -0.25) is 4.79 Å². The average Bonchev–Trinajstić information content (AvgIpc) is 2.57. The van der Waals surface area contributed by atoms with E-state index in [0.717, 1.165) is 12.1 Å². The summed E-state index contributed by atoms with van der Waals surface area (Å²) in [5.41, 5.74) is 0.519. The minimum absolute atomic E-state index is 0.0528. The van der Waals surface area contributed by atoms with Crippen LogP contribution in [-0.4, -0.2) is 25.1 Å². The summed E-state index contributed by atoms with van der Waals surface area (Å²) in [6.45, 7) is 1.42. The number of halogens is 2. The minimum atomic E-state index is -1.05. The van der Waals surface area contributed by atoms with E-state index in [2.05, 4.69) is 5.32 Å². The number of ether oxygens (including phenoxy) is 2. The Morgan fingerprint density at radius 3 is 2.42 bits per heavy atom. The van der Waals surface area contributed by atoms with Crippen LogP contribution in [0.5, 0.6) is 5.75 Å². The van der Waals surface area contributed by atoms with Crippen molar-refractivity contribution in [1.82, 2.24) is 0 Å². The highest BCUT2D eigenvalue weighted by atomic mass is 35.5. The van der Waals surface area contributed by atoms with Gasteiger partial charge >= 0.3 is 5.97 Å². The molecular formula is C17H15ClFNO4. The smallest absolute Gasteiger partial charge is 0.338 e. The van der Waals surface area contributed by atoms with Crippen molar-refractivity contribution in [3.8, 4) is 5.75 Å². The maximum Gasteiger partial charge on any atom is 0.338 e. The summed E-state index contributed by atoms with van der Waals surface area (Å²) < 4.78 is 23.1. The predicted octanol–water partition coefficient (Wildman–Crippen LogP) is 3.67. The Hall–Kier alpha value is -2.60. The second-order valence-electron chi connectivity index (χ2n) is 4.89. The second-order valence-corrected chi connectivity index (χ2v) is 5.30. The zero-order chi connectivity index (χ0) is 17.7. The van der Waals surface area contributed by atoms with E-state index in [-0.39, 0.29) is 16.3 Å². The summed E-state index contributed by atoms with van der Waals surface area (Å²) in [6, 6.07) is 9.85. The van der Waals surface area contributed by atoms with Crippen molar-refractivity contribution >= 4 is 29.2 Å². The predicted molar refractivity (Wildman–Crippen MR) is 87.9 cm³/mol. The quantitative estimate of drug-likeness (QED) is 0.835. The first-order valence-corrected chi connectivity index (χ1v) is 7.39. The molecule has 0 radical (unpaired) electrons. The fourth-order valence-corrected chi connectivity index (χ4v) is 2.05. The van der Waals surface area contributed by atoms with Crippen molar-refractivity contribution in [2.45, 2.75) is 13.0 Å². The Morgan fingerprint density at radius 1 is 1.17 bits per heavy atom. The van der Waals surface area contributed by atoms with Gasteiger partial charge in [0.2, 0.25) is 0 Å². The molecule has 0 spiro atoms. The van der Waals surface area contributed by atoms with Gasteiger partial charge in [0.05, 0.1) is 23.4 Å². The molecule has 0 aliphatic carbocycles. The fraction of sp³-hybridized carbons (Fsp3) is 0.176. The average molecular weight is 352 g/mol. The zero-order valence-corrected chi connectivity index (χ0v) is 13.8. The monoisotopic (exact) mass is 351 g/mol. The molecule has 0 aromatic heterocycles. The minimum Gasteiger partial charge on any atom is -0.497 e. The third-order valence-corrected chi connectivity index (χ3v) is 3.48. The fourth-order valence-electron chi connectivity index (χ4n) is 1.83. The van der Waals surface area contributed by atoms with Crippen LogP contribution < -0.4 is 10.1 Å². The topological polar surface area (TPSA) is 64.6 Å². The lowest BCUT2D eigenvalue weighted by molar-refractivity contribution is -0.123. The first kappa shape index (κ1) is 17.7. The highest BCUT2D eigenvalue weighted by Crippen LogP contribution is 2.22. The van der Waals surface area contributed by atoms with E-state index in [1.807, 2.05) is 0 Å². The van der Waals surface area contributed by atoms with E-state index in [4.69, 9.17) is 21.1 Å². The molecule has 1 N–H and O–H groups in total. The number of rotatable bonds is 5. The lowest BCUT2D eigenvalue weighted by Crippen LogP contribution is -2.30. The molecule has 1 atom stereocenters. The number of benzene rings is 2. The first-order valence-electron chi connectivity index (χ1n) is 7.01. The van der Waals surface area contributed by atoms with Crippen LogP contribution >= 0.6 is 11.6 Å². The standard InChI is InChI=1S/C17H15ClFNO4/c1-10(16(21)20-15-8-5-12(19)9-14(15)18)24-17(22)11-3-6-13(23-2)7-4-11/h3-10H,1-2H3,(H,20,21)/t10-/m1/s1. The number of anilines is 1. The second kappa shape index (κ2) is 7.79. The van der Waals surface area contributed by atoms with Gasteiger partial charge in [0.15, 0.2) is 6.10 Å². The van der Waals surface area contributed by atoms with Gasteiger partial charge in [0, 0.05) is 0 Å². The Labute approximate surface area is 143 Å².